The zero-order valence-electron chi connectivity index (χ0n) is 11.2. The van der Waals surface area contributed by atoms with Crippen molar-refractivity contribution in [3.05, 3.63) is 11.2 Å². The van der Waals surface area contributed by atoms with Crippen LogP contribution in [0.5, 0.6) is 0 Å². The van der Waals surface area contributed by atoms with Crippen molar-refractivity contribution in [3.8, 4) is 0 Å². The summed E-state index contributed by atoms with van der Waals surface area (Å²) in [7, 11) is -3.97. The van der Waals surface area contributed by atoms with Crippen LogP contribution in [0.3, 0.4) is 0 Å². The highest BCUT2D eigenvalue weighted by Crippen LogP contribution is 2.20. The maximum absolute atomic E-state index is 12.0. The minimum absolute atomic E-state index is 0.00175. The Bertz CT molecular complexity index is 551. The van der Waals surface area contributed by atoms with Gasteiger partial charge in [-0.15, -0.1) is 11.3 Å². The molecule has 0 saturated heterocycles. The zero-order valence-corrected chi connectivity index (χ0v) is 12.9. The standard InChI is InChI=1S/C11H18N2O5S2/c1-3-7(4-2)8(14)5-13-20(17,18)11-9(10(15)16)12-6-19-11/h6-8,13-14H,3-5H2,1-2H3,(H,15,16). The highest BCUT2D eigenvalue weighted by atomic mass is 32.2. The summed E-state index contributed by atoms with van der Waals surface area (Å²) in [6.07, 6.45) is 0.668. The number of aromatic carboxylic acids is 1. The lowest BCUT2D eigenvalue weighted by atomic mass is 9.97. The first-order chi connectivity index (χ1) is 9.33. The molecule has 1 aromatic rings. The van der Waals surface area contributed by atoms with E-state index < -0.39 is 27.8 Å². The number of aliphatic hydroxyl groups excluding tert-OH is 1. The van der Waals surface area contributed by atoms with Gasteiger partial charge in [-0.2, -0.15) is 0 Å². The monoisotopic (exact) mass is 322 g/mol. The van der Waals surface area contributed by atoms with E-state index in [1.54, 1.807) is 0 Å². The molecule has 0 aromatic carbocycles. The second-order valence-corrected chi connectivity index (χ2v) is 7.11. The molecular weight excluding hydrogens is 304 g/mol. The molecule has 114 valence electrons. The molecule has 9 heteroatoms. The number of carboxylic acids is 1. The molecule has 0 amide bonds. The van der Waals surface area contributed by atoms with Crippen LogP contribution in [0, 0.1) is 5.92 Å². The van der Waals surface area contributed by atoms with Crippen LogP contribution in [0.25, 0.3) is 0 Å². The largest absolute Gasteiger partial charge is 0.476 e. The number of hydrogen-bond acceptors (Lipinski definition) is 6. The van der Waals surface area contributed by atoms with Crippen LogP contribution in [0.1, 0.15) is 37.2 Å². The van der Waals surface area contributed by atoms with Crippen molar-refractivity contribution in [3.63, 3.8) is 0 Å². The first kappa shape index (κ1) is 17.0. The number of nitrogens with zero attached hydrogens (tertiary/aromatic N) is 1. The highest BCUT2D eigenvalue weighted by molar-refractivity contribution is 7.91. The molecule has 1 aromatic heterocycles. The summed E-state index contributed by atoms with van der Waals surface area (Å²) in [6, 6.07) is 0. The molecule has 1 heterocycles. The van der Waals surface area contributed by atoms with Gasteiger partial charge in [-0.25, -0.2) is 22.9 Å². The van der Waals surface area contributed by atoms with Gasteiger partial charge < -0.3 is 10.2 Å². The summed E-state index contributed by atoms with van der Waals surface area (Å²) in [6.45, 7) is 3.68. The molecule has 0 radical (unpaired) electrons. The molecule has 20 heavy (non-hydrogen) atoms. The lowest BCUT2D eigenvalue weighted by Gasteiger charge is -2.20. The summed E-state index contributed by atoms with van der Waals surface area (Å²) in [5.74, 6) is -1.40. The van der Waals surface area contributed by atoms with Gasteiger partial charge in [0.05, 0.1) is 11.6 Å². The Morgan fingerprint density at radius 2 is 2.05 bits per heavy atom. The van der Waals surface area contributed by atoms with E-state index in [1.165, 1.54) is 0 Å². The summed E-state index contributed by atoms with van der Waals surface area (Å²) in [5.41, 5.74) is 0.662. The van der Waals surface area contributed by atoms with Crippen molar-refractivity contribution in [1.82, 2.24) is 9.71 Å². The first-order valence-corrected chi connectivity index (χ1v) is 8.54. The summed E-state index contributed by atoms with van der Waals surface area (Å²) < 4.78 is 25.9. The van der Waals surface area contributed by atoms with Gasteiger partial charge in [-0.3, -0.25) is 0 Å². The molecule has 3 N–H and O–H groups in total. The third-order valence-electron chi connectivity index (χ3n) is 3.06. The fourth-order valence-electron chi connectivity index (χ4n) is 1.83. The van der Waals surface area contributed by atoms with Crippen LogP contribution in [0.4, 0.5) is 0 Å². The van der Waals surface area contributed by atoms with E-state index in [-0.39, 0.29) is 16.7 Å². The van der Waals surface area contributed by atoms with E-state index in [9.17, 15) is 18.3 Å². The Kier molecular flexibility index (Phi) is 6.06. The predicted molar refractivity (Wildman–Crippen MR) is 74.3 cm³/mol. The molecule has 0 saturated carbocycles. The fraction of sp³-hybridized carbons (Fsp3) is 0.636. The second kappa shape index (κ2) is 7.11. The zero-order chi connectivity index (χ0) is 15.3. The van der Waals surface area contributed by atoms with Crippen LogP contribution in [-0.4, -0.2) is 42.2 Å². The van der Waals surface area contributed by atoms with E-state index in [2.05, 4.69) is 9.71 Å². The molecule has 0 aliphatic rings. The number of thiazole rings is 1. The molecular formula is C11H18N2O5S2. The fourth-order valence-corrected chi connectivity index (χ4v) is 4.06. The molecule has 7 nitrogen and oxygen atoms in total. The average Bonchev–Trinajstić information content (AvgIpc) is 2.88. The van der Waals surface area contributed by atoms with Crippen LogP contribution in [0.15, 0.2) is 9.72 Å². The van der Waals surface area contributed by atoms with Crippen molar-refractivity contribution in [1.29, 1.82) is 0 Å². The van der Waals surface area contributed by atoms with E-state index >= 15 is 0 Å². The maximum atomic E-state index is 12.0. The molecule has 1 unspecified atom stereocenters. The summed E-state index contributed by atoms with van der Waals surface area (Å²) in [5, 5.41) is 18.8. The SMILES string of the molecule is CCC(CC)C(O)CNS(=O)(=O)c1scnc1C(=O)O. The Morgan fingerprint density at radius 3 is 2.55 bits per heavy atom. The molecule has 0 bridgehead atoms. The van der Waals surface area contributed by atoms with Crippen LogP contribution >= 0.6 is 11.3 Å². The topological polar surface area (TPSA) is 117 Å². The van der Waals surface area contributed by atoms with Crippen molar-refractivity contribution < 1.29 is 23.4 Å². The van der Waals surface area contributed by atoms with E-state index in [0.29, 0.717) is 0 Å². The average molecular weight is 322 g/mol. The second-order valence-electron chi connectivity index (χ2n) is 4.29. The number of aliphatic hydroxyl groups is 1. The molecule has 0 fully saturated rings. The smallest absolute Gasteiger partial charge is 0.356 e. The van der Waals surface area contributed by atoms with Gasteiger partial charge in [0.1, 0.15) is 0 Å². The van der Waals surface area contributed by atoms with Gasteiger partial charge in [0.2, 0.25) is 0 Å². The normalized spacial score (nSPS) is 13.6. The number of nitrogens with one attached hydrogen (secondary N) is 1. The number of carboxylic acid groups (broad SMARTS) is 1. The van der Waals surface area contributed by atoms with Gasteiger partial charge in [0, 0.05) is 6.54 Å². The van der Waals surface area contributed by atoms with E-state index in [0.717, 1.165) is 29.7 Å². The van der Waals surface area contributed by atoms with Crippen LogP contribution in [0.2, 0.25) is 0 Å². The lowest BCUT2D eigenvalue weighted by molar-refractivity contribution is 0.0687. The predicted octanol–water partition coefficient (Wildman–Crippen LogP) is 0.917. The van der Waals surface area contributed by atoms with Gasteiger partial charge in [0.25, 0.3) is 10.0 Å². The molecule has 1 atom stereocenters. The van der Waals surface area contributed by atoms with Crippen LogP contribution < -0.4 is 4.72 Å². The molecule has 0 aliphatic carbocycles. The third kappa shape index (κ3) is 3.98. The van der Waals surface area contributed by atoms with E-state index in [4.69, 9.17) is 5.11 Å². The summed E-state index contributed by atoms with van der Waals surface area (Å²) in [4.78, 5) is 14.4. The van der Waals surface area contributed by atoms with Crippen molar-refractivity contribution in [2.45, 2.75) is 37.0 Å². The quantitative estimate of drug-likeness (QED) is 0.655. The van der Waals surface area contributed by atoms with Crippen molar-refractivity contribution in [2.75, 3.05) is 6.54 Å². The molecule has 0 aliphatic heterocycles. The minimum atomic E-state index is -3.97. The number of sulfonamides is 1. The highest BCUT2D eigenvalue weighted by Gasteiger charge is 2.27. The minimum Gasteiger partial charge on any atom is -0.476 e. The van der Waals surface area contributed by atoms with Gasteiger partial charge in [-0.1, -0.05) is 26.7 Å². The Morgan fingerprint density at radius 1 is 1.45 bits per heavy atom. The first-order valence-electron chi connectivity index (χ1n) is 6.17. The van der Waals surface area contributed by atoms with Gasteiger partial charge in [-0.05, 0) is 5.92 Å². The van der Waals surface area contributed by atoms with E-state index in [1.807, 2.05) is 13.8 Å². The number of hydrogen-bond donors (Lipinski definition) is 3. The lowest BCUT2D eigenvalue weighted by Crippen LogP contribution is -2.36. The van der Waals surface area contributed by atoms with Crippen molar-refractivity contribution >= 4 is 27.3 Å². The van der Waals surface area contributed by atoms with Gasteiger partial charge in [0.15, 0.2) is 9.90 Å². The Hall–Kier alpha value is -1.03. The molecule has 1 rings (SSSR count). The van der Waals surface area contributed by atoms with Crippen molar-refractivity contribution in [2.24, 2.45) is 5.92 Å². The number of aromatic nitrogens is 1. The Labute approximate surface area is 121 Å². The summed E-state index contributed by atoms with van der Waals surface area (Å²) >= 11 is 0.732. The third-order valence-corrected chi connectivity index (χ3v) is 5.85. The van der Waals surface area contributed by atoms with Crippen LogP contribution in [-0.2, 0) is 10.0 Å². The molecule has 0 spiro atoms. The van der Waals surface area contributed by atoms with Gasteiger partial charge >= 0.3 is 5.97 Å². The maximum Gasteiger partial charge on any atom is 0.356 e. The number of rotatable bonds is 8. The Balaban J connectivity index is 2.81. The number of carbonyl (C=O) groups is 1.